The Bertz CT molecular complexity index is 534. The minimum atomic E-state index is 0.194. The van der Waals surface area contributed by atoms with Gasteiger partial charge >= 0.3 is 0 Å². The molecule has 0 spiro atoms. The number of benzene rings is 1. The number of rotatable bonds is 3. The molecule has 2 atom stereocenters. The van der Waals surface area contributed by atoms with Gasteiger partial charge in [0.1, 0.15) is 0 Å². The maximum absolute atomic E-state index is 6.30. The summed E-state index contributed by atoms with van der Waals surface area (Å²) in [5.41, 5.74) is 8.89. The molecular weight excluding hydrogens is 236 g/mol. The molecule has 4 nitrogen and oxygen atoms in total. The molecule has 1 aromatic heterocycles. The van der Waals surface area contributed by atoms with Crippen molar-refractivity contribution in [1.82, 2.24) is 14.5 Å². The first-order valence-electron chi connectivity index (χ1n) is 6.72. The van der Waals surface area contributed by atoms with Gasteiger partial charge in [-0.1, -0.05) is 30.3 Å². The molecule has 0 radical (unpaired) electrons. The molecule has 1 fully saturated rings. The number of aromatic nitrogens is 2. The van der Waals surface area contributed by atoms with E-state index < -0.39 is 0 Å². The Balaban J connectivity index is 1.70. The molecule has 0 saturated carbocycles. The van der Waals surface area contributed by atoms with Gasteiger partial charge in [0.05, 0.1) is 6.33 Å². The molecule has 0 amide bonds. The first-order valence-corrected chi connectivity index (χ1v) is 6.72. The Morgan fingerprint density at radius 1 is 1.26 bits per heavy atom. The molecular formula is C15H20N4. The molecule has 19 heavy (non-hydrogen) atoms. The van der Waals surface area contributed by atoms with Crippen LogP contribution in [-0.2, 0) is 13.6 Å². The van der Waals surface area contributed by atoms with Crippen LogP contribution in [0.1, 0.15) is 17.2 Å². The largest absolute Gasteiger partial charge is 0.337 e. The molecule has 0 aliphatic carbocycles. The SMILES string of the molecule is Cn1cncc1C1CN(Cc2ccccc2)CC1N. The summed E-state index contributed by atoms with van der Waals surface area (Å²) in [5, 5.41) is 0. The van der Waals surface area contributed by atoms with Gasteiger partial charge in [-0.2, -0.15) is 0 Å². The van der Waals surface area contributed by atoms with Gasteiger partial charge in [-0.3, -0.25) is 4.90 Å². The van der Waals surface area contributed by atoms with Crippen molar-refractivity contribution < 1.29 is 0 Å². The second kappa shape index (κ2) is 5.15. The third kappa shape index (κ3) is 2.55. The van der Waals surface area contributed by atoms with Crippen LogP contribution in [0.5, 0.6) is 0 Å². The number of aryl methyl sites for hydroxylation is 1. The van der Waals surface area contributed by atoms with Gasteiger partial charge in [-0.05, 0) is 5.56 Å². The normalized spacial score (nSPS) is 23.9. The summed E-state index contributed by atoms with van der Waals surface area (Å²) in [5.74, 6) is 0.385. The van der Waals surface area contributed by atoms with Gasteiger partial charge in [0.25, 0.3) is 0 Å². The summed E-state index contributed by atoms with van der Waals surface area (Å²) in [6, 6.07) is 10.8. The number of nitrogens with zero attached hydrogens (tertiary/aromatic N) is 3. The van der Waals surface area contributed by atoms with E-state index in [9.17, 15) is 0 Å². The Kier molecular flexibility index (Phi) is 3.36. The van der Waals surface area contributed by atoms with Crippen LogP contribution in [0.4, 0.5) is 0 Å². The highest BCUT2D eigenvalue weighted by atomic mass is 15.2. The van der Waals surface area contributed by atoms with Crippen molar-refractivity contribution in [3.05, 3.63) is 54.1 Å². The van der Waals surface area contributed by atoms with Crippen LogP contribution < -0.4 is 5.73 Å². The van der Waals surface area contributed by atoms with Crippen molar-refractivity contribution in [3.8, 4) is 0 Å². The smallest absolute Gasteiger partial charge is 0.0945 e. The zero-order valence-corrected chi connectivity index (χ0v) is 11.2. The topological polar surface area (TPSA) is 47.1 Å². The van der Waals surface area contributed by atoms with Crippen LogP contribution in [0.3, 0.4) is 0 Å². The summed E-state index contributed by atoms with van der Waals surface area (Å²) in [7, 11) is 2.04. The highest BCUT2D eigenvalue weighted by Gasteiger charge is 2.32. The van der Waals surface area contributed by atoms with Gasteiger partial charge in [-0.15, -0.1) is 0 Å². The minimum Gasteiger partial charge on any atom is -0.337 e. The van der Waals surface area contributed by atoms with Crippen molar-refractivity contribution in [3.63, 3.8) is 0 Å². The van der Waals surface area contributed by atoms with Gasteiger partial charge in [-0.25, -0.2) is 4.98 Å². The summed E-state index contributed by atoms with van der Waals surface area (Å²) in [6.45, 7) is 2.93. The molecule has 1 saturated heterocycles. The van der Waals surface area contributed by atoms with E-state index in [-0.39, 0.29) is 6.04 Å². The van der Waals surface area contributed by atoms with Gasteiger partial charge in [0, 0.05) is 50.5 Å². The van der Waals surface area contributed by atoms with Crippen LogP contribution in [-0.4, -0.2) is 33.6 Å². The second-order valence-corrected chi connectivity index (χ2v) is 5.38. The van der Waals surface area contributed by atoms with Crippen LogP contribution in [0.15, 0.2) is 42.9 Å². The van der Waals surface area contributed by atoms with Crippen LogP contribution in [0.2, 0.25) is 0 Å². The Morgan fingerprint density at radius 3 is 2.74 bits per heavy atom. The molecule has 2 aromatic rings. The van der Waals surface area contributed by atoms with Crippen molar-refractivity contribution in [2.75, 3.05) is 13.1 Å². The highest BCUT2D eigenvalue weighted by Crippen LogP contribution is 2.26. The molecule has 1 aliphatic heterocycles. The zero-order valence-electron chi connectivity index (χ0n) is 11.2. The first kappa shape index (κ1) is 12.4. The Morgan fingerprint density at radius 2 is 2.05 bits per heavy atom. The number of imidazole rings is 1. The van der Waals surface area contributed by atoms with E-state index >= 15 is 0 Å². The van der Waals surface area contributed by atoms with E-state index in [0.29, 0.717) is 5.92 Å². The molecule has 0 bridgehead atoms. The van der Waals surface area contributed by atoms with E-state index in [4.69, 9.17) is 5.73 Å². The predicted molar refractivity (Wildman–Crippen MR) is 75.6 cm³/mol. The second-order valence-electron chi connectivity index (χ2n) is 5.38. The molecule has 4 heteroatoms. The third-order valence-electron chi connectivity index (χ3n) is 3.92. The van der Waals surface area contributed by atoms with Crippen molar-refractivity contribution in [2.24, 2.45) is 12.8 Å². The molecule has 1 aliphatic rings. The third-order valence-corrected chi connectivity index (χ3v) is 3.92. The lowest BCUT2D eigenvalue weighted by Crippen LogP contribution is -2.29. The van der Waals surface area contributed by atoms with Crippen LogP contribution >= 0.6 is 0 Å². The summed E-state index contributed by atoms with van der Waals surface area (Å²) in [6.07, 6.45) is 3.79. The number of likely N-dealkylation sites (tertiary alicyclic amines) is 1. The predicted octanol–water partition coefficient (Wildman–Crippen LogP) is 1.35. The van der Waals surface area contributed by atoms with Gasteiger partial charge < -0.3 is 10.3 Å². The number of nitrogens with two attached hydrogens (primary N) is 1. The van der Waals surface area contributed by atoms with Crippen molar-refractivity contribution in [2.45, 2.75) is 18.5 Å². The fourth-order valence-electron chi connectivity index (χ4n) is 2.92. The number of hydrogen-bond donors (Lipinski definition) is 1. The van der Waals surface area contributed by atoms with Crippen LogP contribution in [0, 0.1) is 0 Å². The van der Waals surface area contributed by atoms with E-state index in [1.165, 1.54) is 11.3 Å². The average Bonchev–Trinajstić information content (AvgIpc) is 2.97. The van der Waals surface area contributed by atoms with E-state index in [0.717, 1.165) is 19.6 Å². The van der Waals surface area contributed by atoms with Crippen molar-refractivity contribution in [1.29, 1.82) is 0 Å². The van der Waals surface area contributed by atoms with Gasteiger partial charge in [0.2, 0.25) is 0 Å². The average molecular weight is 256 g/mol. The van der Waals surface area contributed by atoms with E-state index in [2.05, 4.69) is 44.8 Å². The maximum atomic E-state index is 6.30. The maximum Gasteiger partial charge on any atom is 0.0945 e. The Hall–Kier alpha value is -1.65. The quantitative estimate of drug-likeness (QED) is 0.901. The van der Waals surface area contributed by atoms with E-state index in [1.807, 2.05) is 19.6 Å². The number of hydrogen-bond acceptors (Lipinski definition) is 3. The molecule has 2 unspecified atom stereocenters. The first-order chi connectivity index (χ1) is 9.24. The standard InChI is InChI=1S/C15H20N4/c1-18-11-17-7-15(18)13-9-19(10-14(13)16)8-12-5-3-2-4-6-12/h2-7,11,13-14H,8-10,16H2,1H3. The summed E-state index contributed by atoms with van der Waals surface area (Å²) in [4.78, 5) is 6.63. The fraction of sp³-hybridized carbons (Fsp3) is 0.400. The minimum absolute atomic E-state index is 0.194. The molecule has 2 heterocycles. The molecule has 2 N–H and O–H groups in total. The highest BCUT2D eigenvalue weighted by molar-refractivity contribution is 5.17. The molecule has 3 rings (SSSR count). The van der Waals surface area contributed by atoms with Crippen LogP contribution in [0.25, 0.3) is 0 Å². The fourth-order valence-corrected chi connectivity index (χ4v) is 2.92. The van der Waals surface area contributed by atoms with Crippen molar-refractivity contribution >= 4 is 0 Å². The Labute approximate surface area is 113 Å². The molecule has 1 aromatic carbocycles. The lowest BCUT2D eigenvalue weighted by atomic mass is 10.0. The van der Waals surface area contributed by atoms with Gasteiger partial charge in [0.15, 0.2) is 0 Å². The molecule has 100 valence electrons. The zero-order chi connectivity index (χ0) is 13.2. The van der Waals surface area contributed by atoms with E-state index in [1.54, 1.807) is 0 Å². The summed E-state index contributed by atoms with van der Waals surface area (Å²) >= 11 is 0. The lowest BCUT2D eigenvalue weighted by Gasteiger charge is -2.16. The summed E-state index contributed by atoms with van der Waals surface area (Å²) < 4.78 is 2.08. The monoisotopic (exact) mass is 256 g/mol. The lowest BCUT2D eigenvalue weighted by molar-refractivity contribution is 0.323.